The topological polar surface area (TPSA) is 67.7 Å². The highest BCUT2D eigenvalue weighted by Crippen LogP contribution is 2.32. The molecule has 1 aromatic heterocycles. The third-order valence-electron chi connectivity index (χ3n) is 7.90. The molecule has 3 aromatic rings. The molecule has 0 amide bonds. The molecular weight excluding hydrogens is 460 g/mol. The van der Waals surface area contributed by atoms with E-state index in [0.29, 0.717) is 17.6 Å². The number of pyridine rings is 1. The van der Waals surface area contributed by atoms with Gasteiger partial charge in [-0.15, -0.1) is 0 Å². The van der Waals surface area contributed by atoms with Crippen LogP contribution < -0.4 is 15.1 Å². The summed E-state index contributed by atoms with van der Waals surface area (Å²) in [6.45, 7) is 13.3. The number of ether oxygens (including phenoxy) is 1. The van der Waals surface area contributed by atoms with E-state index in [9.17, 15) is 5.26 Å². The monoisotopic (exact) mass is 496 g/mol. The third kappa shape index (κ3) is 4.89. The van der Waals surface area contributed by atoms with Crippen LogP contribution in [0.3, 0.4) is 0 Å². The molecular formula is C30H36N6O. The van der Waals surface area contributed by atoms with Crippen molar-refractivity contribution in [1.29, 1.82) is 5.26 Å². The average molecular weight is 497 g/mol. The highest BCUT2D eigenvalue weighted by Gasteiger charge is 2.31. The van der Waals surface area contributed by atoms with Crippen LogP contribution in [0.25, 0.3) is 10.9 Å². The van der Waals surface area contributed by atoms with Crippen molar-refractivity contribution in [3.05, 3.63) is 65.4 Å². The van der Waals surface area contributed by atoms with E-state index in [1.165, 1.54) is 16.8 Å². The first kappa shape index (κ1) is 24.2. The first-order valence-electron chi connectivity index (χ1n) is 13.5. The molecule has 3 aliphatic rings. The summed E-state index contributed by atoms with van der Waals surface area (Å²) >= 11 is 0. The maximum absolute atomic E-state index is 9.53. The van der Waals surface area contributed by atoms with Gasteiger partial charge in [0.2, 0.25) is 0 Å². The van der Waals surface area contributed by atoms with Crippen molar-refractivity contribution in [3.8, 4) is 6.07 Å². The fourth-order valence-corrected chi connectivity index (χ4v) is 6.47. The van der Waals surface area contributed by atoms with E-state index in [-0.39, 0.29) is 12.2 Å². The van der Waals surface area contributed by atoms with Crippen molar-refractivity contribution in [2.45, 2.75) is 58.2 Å². The molecule has 192 valence electrons. The predicted molar refractivity (Wildman–Crippen MR) is 148 cm³/mol. The summed E-state index contributed by atoms with van der Waals surface area (Å²) in [5, 5.41) is 14.2. The average Bonchev–Trinajstić information content (AvgIpc) is 3.28. The van der Waals surface area contributed by atoms with Crippen LogP contribution in [0.2, 0.25) is 0 Å². The van der Waals surface area contributed by atoms with Crippen LogP contribution in [0.4, 0.5) is 11.4 Å². The summed E-state index contributed by atoms with van der Waals surface area (Å²) in [6, 6.07) is 18.3. The number of nitriles is 1. The second kappa shape index (κ2) is 9.94. The number of fused-ring (bicyclic) bond motifs is 2. The molecule has 7 nitrogen and oxygen atoms in total. The molecule has 0 spiro atoms. The Hall–Kier alpha value is -3.18. The van der Waals surface area contributed by atoms with E-state index in [2.05, 4.69) is 82.2 Å². The second-order valence-corrected chi connectivity index (χ2v) is 11.1. The van der Waals surface area contributed by atoms with Crippen LogP contribution in [-0.2, 0) is 17.8 Å². The van der Waals surface area contributed by atoms with Gasteiger partial charge >= 0.3 is 0 Å². The van der Waals surface area contributed by atoms with Gasteiger partial charge in [-0.3, -0.25) is 9.88 Å². The van der Waals surface area contributed by atoms with E-state index < -0.39 is 0 Å². The minimum Gasteiger partial charge on any atom is -0.370 e. The van der Waals surface area contributed by atoms with Gasteiger partial charge in [-0.1, -0.05) is 6.07 Å². The number of piperazine rings is 1. The molecule has 0 unspecified atom stereocenters. The van der Waals surface area contributed by atoms with Crippen molar-refractivity contribution in [2.75, 3.05) is 42.5 Å². The highest BCUT2D eigenvalue weighted by molar-refractivity contribution is 5.95. The van der Waals surface area contributed by atoms with Gasteiger partial charge in [0.25, 0.3) is 0 Å². The maximum Gasteiger partial charge on any atom is 0.101 e. The molecule has 1 N–H and O–H groups in total. The van der Waals surface area contributed by atoms with Crippen LogP contribution >= 0.6 is 0 Å². The Labute approximate surface area is 219 Å². The molecule has 0 saturated carbocycles. The first-order valence-corrected chi connectivity index (χ1v) is 13.5. The van der Waals surface area contributed by atoms with Crippen molar-refractivity contribution >= 4 is 22.3 Å². The zero-order valence-corrected chi connectivity index (χ0v) is 22.0. The van der Waals surface area contributed by atoms with Crippen molar-refractivity contribution in [1.82, 2.24) is 15.2 Å². The quantitative estimate of drug-likeness (QED) is 0.588. The molecule has 2 fully saturated rings. The number of hydrogen-bond donors (Lipinski definition) is 1. The molecule has 0 radical (unpaired) electrons. The van der Waals surface area contributed by atoms with Crippen LogP contribution in [0.5, 0.6) is 0 Å². The number of rotatable bonds is 4. The molecule has 2 aromatic carbocycles. The fourth-order valence-electron chi connectivity index (χ4n) is 6.47. The van der Waals surface area contributed by atoms with Crippen molar-refractivity contribution < 1.29 is 4.74 Å². The van der Waals surface area contributed by atoms with Gasteiger partial charge in [0.15, 0.2) is 0 Å². The highest BCUT2D eigenvalue weighted by atomic mass is 16.5. The van der Waals surface area contributed by atoms with Gasteiger partial charge in [0.05, 0.1) is 23.3 Å². The van der Waals surface area contributed by atoms with E-state index in [1.807, 2.05) is 12.1 Å². The van der Waals surface area contributed by atoms with Gasteiger partial charge in [-0.25, -0.2) is 0 Å². The zero-order chi connectivity index (χ0) is 25.5. The fraction of sp³-hybridized carbons (Fsp3) is 0.467. The van der Waals surface area contributed by atoms with Crippen LogP contribution in [0.1, 0.15) is 37.5 Å². The summed E-state index contributed by atoms with van der Waals surface area (Å²) < 4.78 is 6.43. The molecule has 3 aliphatic heterocycles. The number of anilines is 2. The number of hydrogen-bond acceptors (Lipinski definition) is 7. The number of aromatic nitrogens is 1. The van der Waals surface area contributed by atoms with Gasteiger partial charge in [-0.05, 0) is 68.3 Å². The number of morpholine rings is 1. The lowest BCUT2D eigenvalue weighted by Gasteiger charge is -2.40. The predicted octanol–water partition coefficient (Wildman–Crippen LogP) is 3.90. The van der Waals surface area contributed by atoms with E-state index in [4.69, 9.17) is 4.74 Å². The second-order valence-electron chi connectivity index (χ2n) is 11.1. The molecule has 4 atom stereocenters. The summed E-state index contributed by atoms with van der Waals surface area (Å²) in [6.07, 6.45) is 2.02. The third-order valence-corrected chi connectivity index (χ3v) is 7.90. The minimum atomic E-state index is 0.120. The Balaban J connectivity index is 1.16. The lowest BCUT2D eigenvalue weighted by Crippen LogP contribution is -2.54. The summed E-state index contributed by atoms with van der Waals surface area (Å²) in [5.74, 6) is 0. The smallest absolute Gasteiger partial charge is 0.101 e. The molecule has 7 heteroatoms. The van der Waals surface area contributed by atoms with Crippen molar-refractivity contribution in [3.63, 3.8) is 0 Å². The summed E-state index contributed by atoms with van der Waals surface area (Å²) in [4.78, 5) is 12.0. The summed E-state index contributed by atoms with van der Waals surface area (Å²) in [5.41, 5.74) is 6.76. The Morgan fingerprint density at radius 1 is 0.973 bits per heavy atom. The van der Waals surface area contributed by atoms with Gasteiger partial charge < -0.3 is 19.9 Å². The standard InChI is InChI=1S/C30H36N6O/c1-20-13-35(14-21(2)33-20)26-8-6-24-16-34(17-25(24)11-26)18-27-19-36(15-22(3)37-27)29-9-7-23(12-31)30-28(29)5-4-10-32-30/h4-11,20-22,27,33H,13-19H2,1-3H3/t20-,21-,22-,27+/m1/s1. The lowest BCUT2D eigenvalue weighted by atomic mass is 10.1. The molecule has 0 aliphatic carbocycles. The number of benzene rings is 2. The SMILES string of the molecule is C[C@@H]1CN(c2ccc3c(c2)CN(C[C@H]2CN(c4ccc(C#N)c5ncccc45)C[C@@H](C)O2)C3)C[C@@H](C)N1. The lowest BCUT2D eigenvalue weighted by molar-refractivity contribution is -0.0329. The molecule has 4 heterocycles. The molecule has 6 rings (SSSR count). The van der Waals surface area contributed by atoms with Crippen LogP contribution in [-0.4, -0.2) is 66.9 Å². The normalized spacial score (nSPS) is 26.3. The van der Waals surface area contributed by atoms with Crippen LogP contribution in [0.15, 0.2) is 48.7 Å². The number of nitrogens with one attached hydrogen (secondary N) is 1. The van der Waals surface area contributed by atoms with Crippen molar-refractivity contribution in [2.24, 2.45) is 0 Å². The number of nitrogens with zero attached hydrogens (tertiary/aromatic N) is 5. The Morgan fingerprint density at radius 2 is 1.78 bits per heavy atom. The van der Waals surface area contributed by atoms with E-state index >= 15 is 0 Å². The van der Waals surface area contributed by atoms with Crippen LogP contribution in [0, 0.1) is 11.3 Å². The van der Waals surface area contributed by atoms with Gasteiger partial charge in [0.1, 0.15) is 6.07 Å². The molecule has 37 heavy (non-hydrogen) atoms. The van der Waals surface area contributed by atoms with Gasteiger partial charge in [-0.2, -0.15) is 5.26 Å². The Kier molecular flexibility index (Phi) is 6.49. The first-order chi connectivity index (χ1) is 18.0. The van der Waals surface area contributed by atoms with E-state index in [1.54, 1.807) is 6.20 Å². The Morgan fingerprint density at radius 3 is 2.59 bits per heavy atom. The molecule has 0 bridgehead atoms. The minimum absolute atomic E-state index is 0.120. The zero-order valence-electron chi connectivity index (χ0n) is 22.0. The molecule has 2 saturated heterocycles. The summed E-state index contributed by atoms with van der Waals surface area (Å²) in [7, 11) is 0. The van der Waals surface area contributed by atoms with E-state index in [0.717, 1.165) is 62.4 Å². The van der Waals surface area contributed by atoms with Gasteiger partial charge in [0, 0.05) is 80.9 Å². The maximum atomic E-state index is 9.53. The Bertz CT molecular complexity index is 1330. The largest absolute Gasteiger partial charge is 0.370 e.